The summed E-state index contributed by atoms with van der Waals surface area (Å²) in [6.07, 6.45) is 2.29. The van der Waals surface area contributed by atoms with Crippen LogP contribution in [0.5, 0.6) is 0 Å². The van der Waals surface area contributed by atoms with Gasteiger partial charge in [-0.1, -0.05) is 25.1 Å². The molecular weight excluding hydrogens is 282 g/mol. The maximum absolute atomic E-state index is 3.55. The van der Waals surface area contributed by atoms with Gasteiger partial charge in [0.2, 0.25) is 0 Å². The average molecular weight is 303 g/mol. The molecule has 0 saturated carbocycles. The van der Waals surface area contributed by atoms with Gasteiger partial charge in [0.05, 0.1) is 0 Å². The summed E-state index contributed by atoms with van der Waals surface area (Å²) in [6.45, 7) is 2.23. The second kappa shape index (κ2) is 6.33. The van der Waals surface area contributed by atoms with Crippen LogP contribution < -0.4 is 5.32 Å². The number of thioether (sulfide) groups is 1. The molecule has 0 aliphatic carbocycles. The summed E-state index contributed by atoms with van der Waals surface area (Å²) < 4.78 is 0. The van der Waals surface area contributed by atoms with Crippen LogP contribution in [-0.4, -0.2) is 18.8 Å². The van der Waals surface area contributed by atoms with Crippen LogP contribution in [0.15, 0.2) is 41.3 Å². The Balaban J connectivity index is 1.77. The van der Waals surface area contributed by atoms with E-state index in [-0.39, 0.29) is 0 Å². The van der Waals surface area contributed by atoms with Crippen molar-refractivity contribution in [2.24, 2.45) is 0 Å². The smallest absolute Gasteiger partial charge is 0.0189 e. The van der Waals surface area contributed by atoms with Crippen molar-refractivity contribution in [3.63, 3.8) is 0 Å². The zero-order chi connectivity index (χ0) is 13.9. The molecule has 2 heterocycles. The monoisotopic (exact) mass is 303 g/mol. The van der Waals surface area contributed by atoms with Gasteiger partial charge in [0.1, 0.15) is 0 Å². The molecule has 0 saturated heterocycles. The Kier molecular flexibility index (Phi) is 4.49. The number of hydrogen-bond acceptors (Lipinski definition) is 3. The molecule has 0 spiro atoms. The summed E-state index contributed by atoms with van der Waals surface area (Å²) in [5.74, 6) is 1.84. The van der Waals surface area contributed by atoms with E-state index in [1.165, 1.54) is 26.0 Å². The Morgan fingerprint density at radius 1 is 1.20 bits per heavy atom. The van der Waals surface area contributed by atoms with Crippen molar-refractivity contribution in [2.75, 3.05) is 12.8 Å². The van der Waals surface area contributed by atoms with Crippen LogP contribution in [0.1, 0.15) is 28.2 Å². The molecule has 0 radical (unpaired) electrons. The van der Waals surface area contributed by atoms with Crippen LogP contribution in [0.4, 0.5) is 0 Å². The molecule has 1 N–H and O–H groups in total. The van der Waals surface area contributed by atoms with Crippen LogP contribution in [-0.2, 0) is 12.8 Å². The van der Waals surface area contributed by atoms with Gasteiger partial charge >= 0.3 is 0 Å². The summed E-state index contributed by atoms with van der Waals surface area (Å²) in [4.78, 5) is 4.48. The fraction of sp³-hybridized carbons (Fsp3) is 0.412. The van der Waals surface area contributed by atoms with Crippen molar-refractivity contribution in [3.05, 3.63) is 51.7 Å². The molecule has 3 heteroatoms. The average Bonchev–Trinajstić information content (AvgIpc) is 3.11. The Bertz CT molecular complexity index is 576. The van der Waals surface area contributed by atoms with Gasteiger partial charge in [0, 0.05) is 32.4 Å². The van der Waals surface area contributed by atoms with Gasteiger partial charge in [-0.2, -0.15) is 0 Å². The molecule has 0 amide bonds. The third kappa shape index (κ3) is 2.80. The van der Waals surface area contributed by atoms with E-state index < -0.39 is 0 Å². The maximum atomic E-state index is 3.55. The van der Waals surface area contributed by atoms with Gasteiger partial charge in [-0.05, 0) is 43.7 Å². The predicted octanol–water partition coefficient (Wildman–Crippen LogP) is 4.33. The number of hydrogen-bond donors (Lipinski definition) is 1. The summed E-state index contributed by atoms with van der Waals surface area (Å²) in [6, 6.07) is 14.0. The first-order valence-electron chi connectivity index (χ1n) is 7.28. The summed E-state index contributed by atoms with van der Waals surface area (Å²) >= 11 is 3.97. The van der Waals surface area contributed by atoms with Gasteiger partial charge in [0.25, 0.3) is 0 Å². The molecule has 0 fully saturated rings. The lowest BCUT2D eigenvalue weighted by molar-refractivity contribution is 0.492. The lowest BCUT2D eigenvalue weighted by Gasteiger charge is -2.23. The zero-order valence-corrected chi connectivity index (χ0v) is 13.7. The van der Waals surface area contributed by atoms with Crippen molar-refractivity contribution in [2.45, 2.75) is 36.6 Å². The van der Waals surface area contributed by atoms with Gasteiger partial charge in [0.15, 0.2) is 0 Å². The Hall–Kier alpha value is -0.770. The van der Waals surface area contributed by atoms with Crippen LogP contribution in [0.25, 0.3) is 0 Å². The van der Waals surface area contributed by atoms with Crippen LogP contribution in [0.3, 0.4) is 0 Å². The lowest BCUT2D eigenvalue weighted by Crippen LogP contribution is -2.34. The number of aryl methyl sites for hydroxylation is 1. The number of nitrogens with one attached hydrogen (secondary N) is 1. The number of rotatable bonds is 5. The van der Waals surface area contributed by atoms with Crippen molar-refractivity contribution in [3.8, 4) is 0 Å². The SMILES string of the molecule is CCc1ccc(CC(NC)C2CSc3ccccc32)s1. The second-order valence-electron chi connectivity index (χ2n) is 5.28. The van der Waals surface area contributed by atoms with Crippen LogP contribution >= 0.6 is 23.1 Å². The summed E-state index contributed by atoms with van der Waals surface area (Å²) in [5, 5.41) is 3.55. The first-order valence-corrected chi connectivity index (χ1v) is 9.08. The predicted molar refractivity (Wildman–Crippen MR) is 90.2 cm³/mol. The molecule has 2 aromatic rings. The number of thiophene rings is 1. The first-order chi connectivity index (χ1) is 9.81. The number of fused-ring (bicyclic) bond motifs is 1. The zero-order valence-electron chi connectivity index (χ0n) is 12.1. The molecule has 0 bridgehead atoms. The van der Waals surface area contributed by atoms with E-state index in [0.717, 1.165) is 12.8 Å². The number of benzene rings is 1. The third-order valence-corrected chi connectivity index (χ3v) is 6.54. The molecule has 1 nitrogen and oxygen atoms in total. The Labute approximate surface area is 129 Å². The molecule has 106 valence electrons. The minimum absolute atomic E-state index is 0.537. The number of likely N-dealkylation sites (N-methyl/N-ethyl adjacent to an activating group) is 1. The van der Waals surface area contributed by atoms with Crippen molar-refractivity contribution in [1.82, 2.24) is 5.32 Å². The normalized spacial score (nSPS) is 19.0. The molecule has 2 unspecified atom stereocenters. The minimum Gasteiger partial charge on any atom is -0.316 e. The van der Waals surface area contributed by atoms with E-state index in [1.807, 2.05) is 23.1 Å². The standard InChI is InChI=1S/C17H21NS2/c1-3-12-8-9-13(20-12)10-16(18-2)15-11-19-17-7-5-4-6-14(15)17/h4-9,15-16,18H,3,10-11H2,1-2H3. The summed E-state index contributed by atoms with van der Waals surface area (Å²) in [5.41, 5.74) is 1.53. The van der Waals surface area contributed by atoms with Crippen molar-refractivity contribution in [1.29, 1.82) is 0 Å². The van der Waals surface area contributed by atoms with Crippen LogP contribution in [0.2, 0.25) is 0 Å². The molecule has 20 heavy (non-hydrogen) atoms. The topological polar surface area (TPSA) is 12.0 Å². The molecule has 3 rings (SSSR count). The molecule has 1 aliphatic rings. The third-order valence-electron chi connectivity index (χ3n) is 4.08. The molecule has 1 aliphatic heterocycles. The van der Waals surface area contributed by atoms with E-state index in [1.54, 1.807) is 0 Å². The van der Waals surface area contributed by atoms with E-state index >= 15 is 0 Å². The highest BCUT2D eigenvalue weighted by Crippen LogP contribution is 2.41. The minimum atomic E-state index is 0.537. The molecule has 1 aromatic heterocycles. The molecule has 1 aromatic carbocycles. The van der Waals surface area contributed by atoms with E-state index in [2.05, 4.69) is 55.7 Å². The quantitative estimate of drug-likeness (QED) is 0.882. The second-order valence-corrected chi connectivity index (χ2v) is 7.59. The summed E-state index contributed by atoms with van der Waals surface area (Å²) in [7, 11) is 2.10. The molecule has 2 atom stereocenters. The maximum Gasteiger partial charge on any atom is 0.0189 e. The van der Waals surface area contributed by atoms with Gasteiger partial charge in [-0.25, -0.2) is 0 Å². The highest BCUT2D eigenvalue weighted by molar-refractivity contribution is 7.99. The lowest BCUT2D eigenvalue weighted by atomic mass is 9.91. The highest BCUT2D eigenvalue weighted by Gasteiger charge is 2.29. The van der Waals surface area contributed by atoms with Gasteiger partial charge in [-0.15, -0.1) is 23.1 Å². The largest absolute Gasteiger partial charge is 0.316 e. The van der Waals surface area contributed by atoms with Gasteiger partial charge in [-0.3, -0.25) is 0 Å². The first kappa shape index (κ1) is 14.2. The van der Waals surface area contributed by atoms with Crippen LogP contribution in [0, 0.1) is 0 Å². The Morgan fingerprint density at radius 2 is 2.00 bits per heavy atom. The fourth-order valence-electron chi connectivity index (χ4n) is 2.90. The van der Waals surface area contributed by atoms with Crippen molar-refractivity contribution < 1.29 is 0 Å². The molecular formula is C17H21NS2. The van der Waals surface area contributed by atoms with Crippen molar-refractivity contribution >= 4 is 23.1 Å². The fourth-order valence-corrected chi connectivity index (χ4v) is 5.25. The highest BCUT2D eigenvalue weighted by atomic mass is 32.2. The Morgan fingerprint density at radius 3 is 2.75 bits per heavy atom. The van der Waals surface area contributed by atoms with E-state index in [0.29, 0.717) is 12.0 Å². The van der Waals surface area contributed by atoms with E-state index in [4.69, 9.17) is 0 Å². The van der Waals surface area contributed by atoms with E-state index in [9.17, 15) is 0 Å². The van der Waals surface area contributed by atoms with Gasteiger partial charge < -0.3 is 5.32 Å².